The first-order valence-electron chi connectivity index (χ1n) is 11.2. The highest BCUT2D eigenvalue weighted by Gasteiger charge is 2.22. The summed E-state index contributed by atoms with van der Waals surface area (Å²) in [6.07, 6.45) is 2.11. The molecule has 1 fully saturated rings. The van der Waals surface area contributed by atoms with Gasteiger partial charge in [0.2, 0.25) is 15.9 Å². The maximum atomic E-state index is 12.5. The molecule has 0 bridgehead atoms. The third-order valence-electron chi connectivity index (χ3n) is 5.97. The van der Waals surface area contributed by atoms with Crippen LogP contribution in [-0.2, 0) is 27.9 Å². The predicted molar refractivity (Wildman–Crippen MR) is 128 cm³/mol. The van der Waals surface area contributed by atoms with E-state index in [4.69, 9.17) is 11.0 Å². The van der Waals surface area contributed by atoms with Gasteiger partial charge in [-0.05, 0) is 55.1 Å². The van der Waals surface area contributed by atoms with Gasteiger partial charge in [0.15, 0.2) is 0 Å². The molecule has 9 nitrogen and oxygen atoms in total. The summed E-state index contributed by atoms with van der Waals surface area (Å²) >= 11 is 0. The molecule has 0 saturated carbocycles. The lowest BCUT2D eigenvalue weighted by Gasteiger charge is -2.32. The average molecular weight is 475 g/mol. The third-order valence-corrected chi connectivity index (χ3v) is 6.90. The van der Waals surface area contributed by atoms with E-state index in [1.165, 1.54) is 17.7 Å². The number of benzene rings is 2. The molecule has 1 saturated heterocycles. The molecule has 1 amide bonds. The van der Waals surface area contributed by atoms with Gasteiger partial charge >= 0.3 is 0 Å². The fraction of sp³-hybridized carbons (Fsp3) is 0.435. The van der Waals surface area contributed by atoms with Crippen LogP contribution in [0.5, 0.6) is 0 Å². The second-order valence-corrected chi connectivity index (χ2v) is 10.1. The molecule has 1 atom stereocenters. The number of carbonyl (C=O) groups excluding carboxylic acids is 1. The highest BCUT2D eigenvalue weighted by molar-refractivity contribution is 7.89. The Morgan fingerprint density at radius 2 is 1.70 bits per heavy atom. The molecule has 1 unspecified atom stereocenters. The van der Waals surface area contributed by atoms with Gasteiger partial charge < -0.3 is 10.6 Å². The summed E-state index contributed by atoms with van der Waals surface area (Å²) in [5, 5.41) is 11.3. The molecule has 0 aliphatic carbocycles. The molecule has 7 N–H and O–H groups in total. The Morgan fingerprint density at radius 1 is 1.03 bits per heavy atom. The lowest BCUT2D eigenvalue weighted by molar-refractivity contribution is -0.123. The number of amides is 1. The largest absolute Gasteiger partial charge is 0.354 e. The maximum Gasteiger partial charge on any atom is 0.239 e. The van der Waals surface area contributed by atoms with Crippen molar-refractivity contribution in [2.45, 2.75) is 36.9 Å². The molecule has 2 aromatic rings. The van der Waals surface area contributed by atoms with Crippen LogP contribution in [0.25, 0.3) is 0 Å². The van der Waals surface area contributed by atoms with E-state index < -0.39 is 16.1 Å². The van der Waals surface area contributed by atoms with Gasteiger partial charge in [0.1, 0.15) is 6.04 Å². The van der Waals surface area contributed by atoms with Gasteiger partial charge in [0.05, 0.1) is 4.90 Å². The zero-order chi connectivity index (χ0) is 23.7. The van der Waals surface area contributed by atoms with Gasteiger partial charge in [-0.3, -0.25) is 15.5 Å². The van der Waals surface area contributed by atoms with Crippen molar-refractivity contribution < 1.29 is 13.2 Å². The minimum atomic E-state index is -3.70. The molecule has 1 aliphatic heterocycles. The quantitative estimate of drug-likeness (QED) is 0.233. The van der Waals surface area contributed by atoms with Crippen LogP contribution in [0.1, 0.15) is 24.0 Å². The summed E-state index contributed by atoms with van der Waals surface area (Å²) in [5.74, 6) is 5.91. The average Bonchev–Trinajstić information content (AvgIpc) is 2.81. The molecule has 10 heteroatoms. The Hall–Kier alpha value is -2.34. The second-order valence-electron chi connectivity index (χ2n) is 8.49. The maximum absolute atomic E-state index is 12.5. The predicted octanol–water partition coefficient (Wildman–Crippen LogP) is 0.284. The van der Waals surface area contributed by atoms with Gasteiger partial charge in [-0.25, -0.2) is 19.0 Å². The van der Waals surface area contributed by atoms with Crippen molar-refractivity contribution in [3.8, 4) is 0 Å². The lowest BCUT2D eigenvalue weighted by Crippen LogP contribution is -2.53. The van der Waals surface area contributed by atoms with Gasteiger partial charge in [-0.1, -0.05) is 42.5 Å². The molecular weight excluding hydrogens is 440 g/mol. The van der Waals surface area contributed by atoms with E-state index >= 15 is 0 Å². The van der Waals surface area contributed by atoms with Crippen LogP contribution in [0, 0.1) is 5.92 Å². The van der Waals surface area contributed by atoms with Crippen molar-refractivity contribution in [2.75, 3.05) is 26.2 Å². The number of sulfonamides is 1. The minimum Gasteiger partial charge on any atom is -0.354 e. The van der Waals surface area contributed by atoms with E-state index in [-0.39, 0.29) is 10.8 Å². The minimum absolute atomic E-state index is 0.0676. The smallest absolute Gasteiger partial charge is 0.239 e. The Labute approximate surface area is 195 Å². The summed E-state index contributed by atoms with van der Waals surface area (Å²) in [6.45, 7) is 4.48. The lowest BCUT2D eigenvalue weighted by atomic mass is 9.96. The van der Waals surface area contributed by atoms with Crippen molar-refractivity contribution in [3.63, 3.8) is 0 Å². The first-order chi connectivity index (χ1) is 15.8. The van der Waals surface area contributed by atoms with Crippen LogP contribution in [0.15, 0.2) is 59.5 Å². The van der Waals surface area contributed by atoms with Gasteiger partial charge in [0.25, 0.3) is 0 Å². The highest BCUT2D eigenvalue weighted by atomic mass is 32.2. The monoisotopic (exact) mass is 474 g/mol. The number of nitrogens with zero attached hydrogens (tertiary/aromatic N) is 1. The van der Waals surface area contributed by atoms with Crippen LogP contribution >= 0.6 is 0 Å². The third kappa shape index (κ3) is 8.18. The summed E-state index contributed by atoms with van der Waals surface area (Å²) in [7, 11) is -3.70. The first kappa shape index (κ1) is 25.3. The standard InChI is InChI=1S/C23H34N6O3S/c24-28-22(16-26-14-18-6-8-21(9-7-18)33(25,31)32)23(30)27-15-19-10-12-29(13-11-19)17-20-4-2-1-3-5-20/h1-9,19,22,26,28H,10-17,24H2,(H,27,30)(H2,25,31,32). The summed E-state index contributed by atoms with van der Waals surface area (Å²) < 4.78 is 22.6. The fourth-order valence-electron chi connectivity index (χ4n) is 3.94. The molecule has 0 spiro atoms. The molecular formula is C23H34N6O3S. The zero-order valence-corrected chi connectivity index (χ0v) is 19.6. The molecule has 33 heavy (non-hydrogen) atoms. The number of hydrogen-bond acceptors (Lipinski definition) is 7. The number of nitrogens with one attached hydrogen (secondary N) is 3. The van der Waals surface area contributed by atoms with E-state index in [0.29, 0.717) is 25.6 Å². The number of hydrogen-bond donors (Lipinski definition) is 5. The molecule has 0 aromatic heterocycles. The Kier molecular flexibility index (Phi) is 9.36. The molecule has 0 radical (unpaired) electrons. The summed E-state index contributed by atoms with van der Waals surface area (Å²) in [6, 6.07) is 16.2. The SMILES string of the molecule is NNC(CNCc1ccc(S(N)(=O)=O)cc1)C(=O)NCC1CCN(Cc2ccccc2)CC1. The van der Waals surface area contributed by atoms with E-state index in [1.807, 2.05) is 6.07 Å². The number of carbonyl (C=O) groups is 1. The van der Waals surface area contributed by atoms with Gasteiger partial charge in [-0.2, -0.15) is 0 Å². The second kappa shape index (κ2) is 12.2. The Bertz CT molecular complexity index is 977. The van der Waals surface area contributed by atoms with Gasteiger partial charge in [-0.15, -0.1) is 0 Å². The van der Waals surface area contributed by atoms with E-state index in [2.05, 4.69) is 45.2 Å². The van der Waals surface area contributed by atoms with Crippen LogP contribution in [0.4, 0.5) is 0 Å². The van der Waals surface area contributed by atoms with Crippen molar-refractivity contribution in [1.29, 1.82) is 0 Å². The van der Waals surface area contributed by atoms with Crippen LogP contribution < -0.4 is 27.0 Å². The number of hydrazine groups is 1. The topological polar surface area (TPSA) is 143 Å². The molecule has 1 aliphatic rings. The first-order valence-corrected chi connectivity index (χ1v) is 12.7. The Balaban J connectivity index is 1.35. The van der Waals surface area contributed by atoms with Crippen molar-refractivity contribution in [2.24, 2.45) is 16.9 Å². The molecule has 2 aromatic carbocycles. The number of rotatable bonds is 11. The molecule has 180 valence electrons. The van der Waals surface area contributed by atoms with Crippen molar-refractivity contribution >= 4 is 15.9 Å². The summed E-state index contributed by atoms with van der Waals surface area (Å²) in [4.78, 5) is 15.1. The molecule has 1 heterocycles. The number of likely N-dealkylation sites (tertiary alicyclic amines) is 1. The van der Waals surface area contributed by atoms with E-state index in [9.17, 15) is 13.2 Å². The Morgan fingerprint density at radius 3 is 2.30 bits per heavy atom. The normalized spacial score (nSPS) is 16.4. The van der Waals surface area contributed by atoms with Gasteiger partial charge in [0, 0.05) is 26.2 Å². The van der Waals surface area contributed by atoms with E-state index in [0.717, 1.165) is 38.0 Å². The number of nitrogens with two attached hydrogens (primary N) is 2. The molecule has 3 rings (SSSR count). The van der Waals surface area contributed by atoms with Crippen LogP contribution in [0.3, 0.4) is 0 Å². The highest BCUT2D eigenvalue weighted by Crippen LogP contribution is 2.18. The zero-order valence-electron chi connectivity index (χ0n) is 18.7. The van der Waals surface area contributed by atoms with Crippen molar-refractivity contribution in [3.05, 3.63) is 65.7 Å². The van der Waals surface area contributed by atoms with Crippen LogP contribution in [-0.4, -0.2) is 51.4 Å². The number of piperidine rings is 1. The fourth-order valence-corrected chi connectivity index (χ4v) is 4.46. The summed E-state index contributed by atoms with van der Waals surface area (Å²) in [5.41, 5.74) is 4.76. The van der Waals surface area contributed by atoms with E-state index in [1.54, 1.807) is 12.1 Å². The van der Waals surface area contributed by atoms with Crippen molar-refractivity contribution in [1.82, 2.24) is 21.0 Å². The van der Waals surface area contributed by atoms with Crippen LogP contribution in [0.2, 0.25) is 0 Å². The number of primary sulfonamides is 1.